The molecule has 7 heteroatoms. The molecule has 1 aromatic carbocycles. The SMILES string of the molecule is CCNC(=NCc1ccccc1OCC1CC1)NCCC(=O)NC1CCCC1.I. The molecule has 3 rings (SSSR count). The van der Waals surface area contributed by atoms with Gasteiger partial charge in [-0.05, 0) is 44.6 Å². The van der Waals surface area contributed by atoms with E-state index in [0.717, 1.165) is 49.2 Å². The van der Waals surface area contributed by atoms with Gasteiger partial charge in [-0.15, -0.1) is 24.0 Å². The fourth-order valence-corrected chi connectivity index (χ4v) is 3.44. The van der Waals surface area contributed by atoms with Gasteiger partial charge in [0.2, 0.25) is 5.91 Å². The van der Waals surface area contributed by atoms with E-state index in [1.165, 1.54) is 25.7 Å². The van der Waals surface area contributed by atoms with Gasteiger partial charge in [-0.25, -0.2) is 4.99 Å². The third-order valence-corrected chi connectivity index (χ3v) is 5.26. The summed E-state index contributed by atoms with van der Waals surface area (Å²) in [5.41, 5.74) is 1.08. The van der Waals surface area contributed by atoms with Crippen LogP contribution in [0.4, 0.5) is 0 Å². The number of ether oxygens (including phenoxy) is 1. The number of amides is 1. The minimum absolute atomic E-state index is 0. The van der Waals surface area contributed by atoms with Crippen LogP contribution in [-0.4, -0.2) is 37.6 Å². The van der Waals surface area contributed by atoms with E-state index in [2.05, 4.69) is 27.0 Å². The summed E-state index contributed by atoms with van der Waals surface area (Å²) in [6.07, 6.45) is 7.71. The van der Waals surface area contributed by atoms with Crippen molar-refractivity contribution in [2.24, 2.45) is 10.9 Å². The summed E-state index contributed by atoms with van der Waals surface area (Å²) >= 11 is 0. The maximum atomic E-state index is 12.1. The van der Waals surface area contributed by atoms with Gasteiger partial charge in [0.05, 0.1) is 13.2 Å². The molecule has 3 N–H and O–H groups in total. The fraction of sp³-hybridized carbons (Fsp3) is 0.636. The number of rotatable bonds is 10. The summed E-state index contributed by atoms with van der Waals surface area (Å²) in [6, 6.07) is 8.47. The van der Waals surface area contributed by atoms with E-state index in [9.17, 15) is 4.79 Å². The molecule has 0 saturated heterocycles. The van der Waals surface area contributed by atoms with E-state index in [1.807, 2.05) is 25.1 Å². The first kappa shape index (κ1) is 23.8. The molecular formula is C22H35IN4O2. The molecule has 0 unspecified atom stereocenters. The molecule has 1 amide bonds. The average molecular weight is 514 g/mol. The van der Waals surface area contributed by atoms with Gasteiger partial charge in [0.25, 0.3) is 0 Å². The molecular weight excluding hydrogens is 479 g/mol. The summed E-state index contributed by atoms with van der Waals surface area (Å²) in [5.74, 6) is 2.50. The molecule has 0 spiro atoms. The van der Waals surface area contributed by atoms with Crippen molar-refractivity contribution in [2.75, 3.05) is 19.7 Å². The zero-order chi connectivity index (χ0) is 19.6. The van der Waals surface area contributed by atoms with E-state index in [-0.39, 0.29) is 29.9 Å². The third-order valence-electron chi connectivity index (χ3n) is 5.26. The summed E-state index contributed by atoms with van der Waals surface area (Å²) in [5, 5.41) is 9.63. The lowest BCUT2D eigenvalue weighted by atomic mass is 10.2. The second-order valence-corrected chi connectivity index (χ2v) is 7.78. The topological polar surface area (TPSA) is 74.8 Å². The molecule has 0 atom stereocenters. The maximum Gasteiger partial charge on any atom is 0.221 e. The number of aliphatic imine (C=N–C) groups is 1. The van der Waals surface area contributed by atoms with Crippen molar-refractivity contribution >= 4 is 35.8 Å². The van der Waals surface area contributed by atoms with E-state index < -0.39 is 0 Å². The lowest BCUT2D eigenvalue weighted by Crippen LogP contribution is -2.40. The first-order valence-electron chi connectivity index (χ1n) is 10.8. The van der Waals surface area contributed by atoms with Gasteiger partial charge >= 0.3 is 0 Å². The van der Waals surface area contributed by atoms with E-state index in [1.54, 1.807) is 0 Å². The smallest absolute Gasteiger partial charge is 0.221 e. The van der Waals surface area contributed by atoms with E-state index in [4.69, 9.17) is 4.74 Å². The van der Waals surface area contributed by atoms with Crippen molar-refractivity contribution in [1.29, 1.82) is 0 Å². The van der Waals surface area contributed by atoms with Crippen LogP contribution in [0.2, 0.25) is 0 Å². The van der Waals surface area contributed by atoms with Crippen molar-refractivity contribution in [3.63, 3.8) is 0 Å². The Kier molecular flexibility index (Phi) is 10.6. The molecule has 29 heavy (non-hydrogen) atoms. The lowest BCUT2D eigenvalue weighted by molar-refractivity contribution is -0.121. The van der Waals surface area contributed by atoms with Gasteiger partial charge in [-0.3, -0.25) is 4.79 Å². The highest BCUT2D eigenvalue weighted by Gasteiger charge is 2.22. The number of halogens is 1. The summed E-state index contributed by atoms with van der Waals surface area (Å²) in [7, 11) is 0. The van der Waals surface area contributed by atoms with Gasteiger partial charge in [0.15, 0.2) is 5.96 Å². The molecule has 0 radical (unpaired) electrons. The quantitative estimate of drug-likeness (QED) is 0.254. The number of nitrogens with one attached hydrogen (secondary N) is 3. The number of guanidine groups is 1. The summed E-state index contributed by atoms with van der Waals surface area (Å²) in [4.78, 5) is 16.7. The zero-order valence-electron chi connectivity index (χ0n) is 17.4. The predicted molar refractivity (Wildman–Crippen MR) is 128 cm³/mol. The Bertz CT molecular complexity index is 658. The lowest BCUT2D eigenvalue weighted by Gasteiger charge is -2.14. The predicted octanol–water partition coefficient (Wildman–Crippen LogP) is 3.60. The van der Waals surface area contributed by atoms with Crippen molar-refractivity contribution in [3.05, 3.63) is 29.8 Å². The van der Waals surface area contributed by atoms with Crippen molar-refractivity contribution in [1.82, 2.24) is 16.0 Å². The largest absolute Gasteiger partial charge is 0.493 e. The molecule has 2 saturated carbocycles. The van der Waals surface area contributed by atoms with Crippen LogP contribution in [0.5, 0.6) is 5.75 Å². The molecule has 162 valence electrons. The standard InChI is InChI=1S/C22H34N4O2.HI/c1-2-23-22(24-14-13-21(27)26-19-8-4-5-9-19)25-15-18-7-3-6-10-20(18)28-16-17-11-12-17;/h3,6-7,10,17,19H,2,4-5,8-9,11-16H2,1H3,(H,26,27)(H2,23,24,25);1H. The molecule has 0 heterocycles. The Balaban J connectivity index is 0.00000300. The Morgan fingerprint density at radius 1 is 1.14 bits per heavy atom. The Morgan fingerprint density at radius 3 is 2.62 bits per heavy atom. The molecule has 0 aliphatic heterocycles. The zero-order valence-corrected chi connectivity index (χ0v) is 19.7. The highest BCUT2D eigenvalue weighted by Crippen LogP contribution is 2.30. The number of para-hydroxylation sites is 1. The van der Waals surface area contributed by atoms with Crippen LogP contribution in [0.3, 0.4) is 0 Å². The van der Waals surface area contributed by atoms with Crippen molar-refractivity contribution in [3.8, 4) is 5.75 Å². The Hall–Kier alpha value is -1.51. The summed E-state index contributed by atoms with van der Waals surface area (Å²) in [6.45, 7) is 4.74. The van der Waals surface area contributed by atoms with E-state index in [0.29, 0.717) is 25.6 Å². The monoisotopic (exact) mass is 514 g/mol. The van der Waals surface area contributed by atoms with Crippen LogP contribution in [-0.2, 0) is 11.3 Å². The number of carbonyl (C=O) groups is 1. The van der Waals surface area contributed by atoms with Gasteiger partial charge in [0.1, 0.15) is 5.75 Å². The molecule has 2 aliphatic rings. The van der Waals surface area contributed by atoms with Gasteiger partial charge in [-0.2, -0.15) is 0 Å². The van der Waals surface area contributed by atoms with Crippen molar-refractivity contribution in [2.45, 2.75) is 64.5 Å². The molecule has 0 bridgehead atoms. The second kappa shape index (κ2) is 12.9. The second-order valence-electron chi connectivity index (χ2n) is 7.78. The van der Waals surface area contributed by atoms with Crippen LogP contribution in [0.15, 0.2) is 29.3 Å². The van der Waals surface area contributed by atoms with Gasteiger partial charge < -0.3 is 20.7 Å². The minimum Gasteiger partial charge on any atom is -0.493 e. The summed E-state index contributed by atoms with van der Waals surface area (Å²) < 4.78 is 5.97. The van der Waals surface area contributed by atoms with Crippen LogP contribution >= 0.6 is 24.0 Å². The third kappa shape index (κ3) is 8.80. The molecule has 2 aliphatic carbocycles. The minimum atomic E-state index is 0. The Labute approximate surface area is 191 Å². The average Bonchev–Trinajstić information content (AvgIpc) is 3.39. The normalized spacial score (nSPS) is 16.8. The first-order valence-corrected chi connectivity index (χ1v) is 10.8. The Morgan fingerprint density at radius 2 is 1.90 bits per heavy atom. The van der Waals surface area contributed by atoms with Crippen LogP contribution in [0, 0.1) is 5.92 Å². The van der Waals surface area contributed by atoms with E-state index >= 15 is 0 Å². The van der Waals surface area contributed by atoms with Crippen LogP contribution < -0.4 is 20.7 Å². The number of carbonyl (C=O) groups excluding carboxylic acids is 1. The van der Waals surface area contributed by atoms with Gasteiger partial charge in [-0.1, -0.05) is 31.0 Å². The number of nitrogens with zero attached hydrogens (tertiary/aromatic N) is 1. The van der Waals surface area contributed by atoms with Gasteiger partial charge in [0, 0.05) is 31.1 Å². The highest BCUT2D eigenvalue weighted by molar-refractivity contribution is 14.0. The maximum absolute atomic E-state index is 12.1. The number of hydrogen-bond donors (Lipinski definition) is 3. The number of benzene rings is 1. The fourth-order valence-electron chi connectivity index (χ4n) is 3.44. The molecule has 0 aromatic heterocycles. The van der Waals surface area contributed by atoms with Crippen LogP contribution in [0.1, 0.15) is 57.4 Å². The first-order chi connectivity index (χ1) is 13.7. The van der Waals surface area contributed by atoms with Crippen LogP contribution in [0.25, 0.3) is 0 Å². The number of hydrogen-bond acceptors (Lipinski definition) is 3. The highest BCUT2D eigenvalue weighted by atomic mass is 127. The molecule has 2 fully saturated rings. The molecule has 1 aromatic rings. The van der Waals surface area contributed by atoms with Crippen molar-refractivity contribution < 1.29 is 9.53 Å². The molecule has 6 nitrogen and oxygen atoms in total.